The Bertz CT molecular complexity index is 1570. The maximum atomic E-state index is 13.6. The van der Waals surface area contributed by atoms with Gasteiger partial charge in [-0.3, -0.25) is 14.5 Å². The number of amides is 1. The molecular formula is C26H24ClN7O2S3. The summed E-state index contributed by atoms with van der Waals surface area (Å²) in [7, 11) is 0. The van der Waals surface area contributed by atoms with E-state index in [9.17, 15) is 14.9 Å². The summed E-state index contributed by atoms with van der Waals surface area (Å²) in [6.45, 7) is 6.08. The first-order chi connectivity index (χ1) is 18.6. The largest absolute Gasteiger partial charge is 0.384 e. The van der Waals surface area contributed by atoms with Crippen LogP contribution in [0, 0.1) is 23.7 Å². The van der Waals surface area contributed by atoms with E-state index in [1.165, 1.54) is 40.6 Å². The molecule has 200 valence electrons. The number of aromatic nitrogens is 3. The molecule has 3 aromatic heterocycles. The number of anilines is 2. The fraction of sp³-hybridized carbons (Fsp3) is 0.308. The minimum absolute atomic E-state index is 0.0101. The molecule has 13 heteroatoms. The highest BCUT2D eigenvalue weighted by molar-refractivity contribution is 8.01. The maximum absolute atomic E-state index is 13.6. The number of rotatable bonds is 6. The van der Waals surface area contributed by atoms with Gasteiger partial charge in [-0.2, -0.15) is 5.26 Å². The van der Waals surface area contributed by atoms with Gasteiger partial charge in [0.1, 0.15) is 11.6 Å². The zero-order valence-corrected chi connectivity index (χ0v) is 24.5. The summed E-state index contributed by atoms with van der Waals surface area (Å²) < 4.78 is 0.551. The molecule has 9 nitrogen and oxygen atoms in total. The zero-order valence-electron chi connectivity index (χ0n) is 21.3. The average Bonchev–Trinajstić information content (AvgIpc) is 3.51. The van der Waals surface area contributed by atoms with E-state index < -0.39 is 5.92 Å². The van der Waals surface area contributed by atoms with Crippen molar-refractivity contribution in [3.63, 3.8) is 0 Å². The standard InChI is InChI=1S/C26H24ClN7O2S3/c1-13-6-7-37-22(13)20-15(10-28)23(29)34(16-8-26(2,3)9-17(35)21(16)20)24-32-33-25(39-24)38-12-19(36)31-18-5-4-14(27)11-30-18/h4-7,11,20H,8-9,12,29H2,1-3H3,(H,30,31,36). The molecule has 39 heavy (non-hydrogen) atoms. The van der Waals surface area contributed by atoms with Crippen LogP contribution in [0.4, 0.5) is 10.9 Å². The third-order valence-electron chi connectivity index (χ3n) is 6.45. The topological polar surface area (TPSA) is 138 Å². The van der Waals surface area contributed by atoms with Crippen LogP contribution < -0.4 is 16.0 Å². The van der Waals surface area contributed by atoms with Gasteiger partial charge in [0.15, 0.2) is 10.1 Å². The minimum Gasteiger partial charge on any atom is -0.384 e. The molecule has 0 saturated heterocycles. The summed E-state index contributed by atoms with van der Waals surface area (Å²) >= 11 is 9.84. The Morgan fingerprint density at radius 2 is 2.13 bits per heavy atom. The molecule has 0 fully saturated rings. The Hall–Kier alpha value is -3.24. The molecule has 1 amide bonds. The molecular weight excluding hydrogens is 574 g/mol. The van der Waals surface area contributed by atoms with Crippen molar-refractivity contribution in [2.75, 3.05) is 16.0 Å². The van der Waals surface area contributed by atoms with E-state index in [1.54, 1.807) is 17.0 Å². The molecule has 5 rings (SSSR count). The Kier molecular flexibility index (Phi) is 7.52. The van der Waals surface area contributed by atoms with Crippen LogP contribution in [0.25, 0.3) is 0 Å². The van der Waals surface area contributed by atoms with Gasteiger partial charge in [-0.05, 0) is 47.9 Å². The predicted octanol–water partition coefficient (Wildman–Crippen LogP) is 5.63. The summed E-state index contributed by atoms with van der Waals surface area (Å²) in [5.74, 6) is -0.00817. The van der Waals surface area contributed by atoms with E-state index in [1.807, 2.05) is 32.2 Å². The van der Waals surface area contributed by atoms with Gasteiger partial charge in [0.05, 0.1) is 28.3 Å². The number of nitriles is 1. The lowest BCUT2D eigenvalue weighted by Crippen LogP contribution is -2.42. The van der Waals surface area contributed by atoms with E-state index >= 15 is 0 Å². The number of nitrogens with zero attached hydrogens (tertiary/aromatic N) is 5. The van der Waals surface area contributed by atoms with Crippen LogP contribution in [-0.4, -0.2) is 32.6 Å². The number of hydrogen-bond acceptors (Lipinski definition) is 11. The van der Waals surface area contributed by atoms with Crippen molar-refractivity contribution in [3.8, 4) is 6.07 Å². The highest BCUT2D eigenvalue weighted by Crippen LogP contribution is 2.51. The fourth-order valence-electron chi connectivity index (χ4n) is 4.78. The molecule has 0 spiro atoms. The van der Waals surface area contributed by atoms with Crippen LogP contribution in [-0.2, 0) is 9.59 Å². The number of halogens is 1. The van der Waals surface area contributed by atoms with Gasteiger partial charge in [0.2, 0.25) is 11.0 Å². The van der Waals surface area contributed by atoms with Crippen LogP contribution >= 0.6 is 46.0 Å². The number of nitrogens with one attached hydrogen (secondary N) is 1. The second kappa shape index (κ2) is 10.7. The quantitative estimate of drug-likeness (QED) is 0.346. The smallest absolute Gasteiger partial charge is 0.235 e. The van der Waals surface area contributed by atoms with E-state index in [2.05, 4.69) is 26.6 Å². The van der Waals surface area contributed by atoms with Gasteiger partial charge in [0.25, 0.3) is 0 Å². The van der Waals surface area contributed by atoms with Crippen molar-refractivity contribution >= 4 is 68.7 Å². The number of Topliss-reactive ketones (excluding diaryl/α,β-unsaturated/α-hetero) is 1. The van der Waals surface area contributed by atoms with Crippen LogP contribution in [0.15, 0.2) is 56.8 Å². The summed E-state index contributed by atoms with van der Waals surface area (Å²) in [4.78, 5) is 32.8. The van der Waals surface area contributed by atoms with Crippen molar-refractivity contribution in [2.24, 2.45) is 11.1 Å². The molecule has 4 heterocycles. The zero-order chi connectivity index (χ0) is 27.9. The van der Waals surface area contributed by atoms with Gasteiger partial charge in [-0.25, -0.2) is 4.98 Å². The van der Waals surface area contributed by atoms with Crippen LogP contribution in [0.3, 0.4) is 0 Å². The molecule has 2 aliphatic rings. The number of pyridine rings is 1. The van der Waals surface area contributed by atoms with E-state index in [0.717, 1.165) is 16.1 Å². The maximum Gasteiger partial charge on any atom is 0.235 e. The predicted molar refractivity (Wildman–Crippen MR) is 155 cm³/mol. The van der Waals surface area contributed by atoms with Crippen molar-refractivity contribution in [1.82, 2.24) is 15.2 Å². The van der Waals surface area contributed by atoms with Gasteiger partial charge in [-0.1, -0.05) is 48.5 Å². The second-order valence-electron chi connectivity index (χ2n) is 10.00. The van der Waals surface area contributed by atoms with E-state index in [4.69, 9.17) is 17.3 Å². The Labute approximate surface area is 242 Å². The molecule has 3 N–H and O–H groups in total. The van der Waals surface area contributed by atoms with Crippen LogP contribution in [0.2, 0.25) is 5.02 Å². The number of carbonyl (C=O) groups is 2. The number of nitrogens with two attached hydrogens (primary N) is 1. The van der Waals surface area contributed by atoms with Crippen LogP contribution in [0.1, 0.15) is 43.0 Å². The number of hydrogen-bond donors (Lipinski definition) is 2. The molecule has 1 unspecified atom stereocenters. The van der Waals surface area contributed by atoms with Gasteiger partial charge >= 0.3 is 0 Å². The number of thioether (sulfide) groups is 1. The van der Waals surface area contributed by atoms with Crippen molar-refractivity contribution < 1.29 is 9.59 Å². The second-order valence-corrected chi connectivity index (χ2v) is 13.6. The first-order valence-electron chi connectivity index (χ1n) is 12.0. The van der Waals surface area contributed by atoms with Crippen molar-refractivity contribution in [3.05, 3.63) is 67.9 Å². The molecule has 0 saturated carbocycles. The summed E-state index contributed by atoms with van der Waals surface area (Å²) in [5.41, 5.74) is 9.09. The summed E-state index contributed by atoms with van der Waals surface area (Å²) in [5, 5.41) is 24.4. The molecule has 0 aromatic carbocycles. The summed E-state index contributed by atoms with van der Waals surface area (Å²) in [6, 6.07) is 7.54. The van der Waals surface area contributed by atoms with Gasteiger partial charge < -0.3 is 11.1 Å². The SMILES string of the molecule is Cc1ccsc1C1C(C#N)=C(N)N(c2nnc(SCC(=O)Nc3ccc(Cl)cn3)s2)C2=C1C(=O)CC(C)(C)C2. The Morgan fingerprint density at radius 3 is 2.79 bits per heavy atom. The van der Waals surface area contributed by atoms with Gasteiger partial charge in [-0.15, -0.1) is 21.5 Å². The molecule has 0 radical (unpaired) electrons. The Morgan fingerprint density at radius 1 is 1.33 bits per heavy atom. The Balaban J connectivity index is 1.45. The monoisotopic (exact) mass is 597 g/mol. The van der Waals surface area contributed by atoms with Crippen LogP contribution in [0.5, 0.6) is 0 Å². The first kappa shape index (κ1) is 27.3. The third-order valence-corrected chi connectivity index (χ3v) is 9.80. The lowest BCUT2D eigenvalue weighted by Gasteiger charge is -2.42. The number of thiophene rings is 1. The number of allylic oxidation sites excluding steroid dienone is 3. The number of aryl methyl sites for hydroxylation is 1. The minimum atomic E-state index is -0.503. The van der Waals surface area contributed by atoms with E-state index in [-0.39, 0.29) is 28.7 Å². The van der Waals surface area contributed by atoms with Gasteiger partial charge in [0, 0.05) is 28.8 Å². The lowest BCUT2D eigenvalue weighted by atomic mass is 9.69. The first-order valence-corrected chi connectivity index (χ1v) is 15.0. The lowest BCUT2D eigenvalue weighted by molar-refractivity contribution is -0.118. The molecule has 1 aliphatic carbocycles. The molecule has 1 atom stereocenters. The van der Waals surface area contributed by atoms with Crippen molar-refractivity contribution in [1.29, 1.82) is 5.26 Å². The van der Waals surface area contributed by atoms with Crippen molar-refractivity contribution in [2.45, 2.75) is 43.9 Å². The third kappa shape index (κ3) is 5.45. The highest BCUT2D eigenvalue weighted by Gasteiger charge is 2.46. The molecule has 0 bridgehead atoms. The average molecular weight is 598 g/mol. The number of ketones is 1. The summed E-state index contributed by atoms with van der Waals surface area (Å²) in [6.07, 6.45) is 2.43. The van der Waals surface area contributed by atoms with E-state index in [0.29, 0.717) is 44.3 Å². The number of carbonyl (C=O) groups excluding carboxylic acids is 2. The molecule has 3 aromatic rings. The fourth-order valence-corrected chi connectivity index (χ4v) is 7.61. The highest BCUT2D eigenvalue weighted by atomic mass is 35.5. The molecule has 1 aliphatic heterocycles. The normalized spacial score (nSPS) is 18.7.